The van der Waals surface area contributed by atoms with Crippen molar-refractivity contribution >= 4 is 17.7 Å². The van der Waals surface area contributed by atoms with Crippen LogP contribution in [0.15, 0.2) is 0 Å². The summed E-state index contributed by atoms with van der Waals surface area (Å²) in [5, 5.41) is 2.83. The van der Waals surface area contributed by atoms with Crippen LogP contribution in [0.5, 0.6) is 0 Å². The standard InChI is InChI=1S/C10H22N2O2S/c1-4-14-7-8(2)12-10(13)9(11)5-6-15-3/h8-9H,4-7,11H2,1-3H3,(H,12,13)/t8?,9-/m0/s1. The van der Waals surface area contributed by atoms with E-state index in [0.717, 1.165) is 5.75 Å². The van der Waals surface area contributed by atoms with Crippen molar-refractivity contribution in [1.29, 1.82) is 0 Å². The van der Waals surface area contributed by atoms with E-state index in [1.165, 1.54) is 0 Å². The van der Waals surface area contributed by atoms with Gasteiger partial charge in [0.1, 0.15) is 0 Å². The largest absolute Gasteiger partial charge is 0.380 e. The Hall–Kier alpha value is -0.260. The molecule has 0 bridgehead atoms. The van der Waals surface area contributed by atoms with Crippen LogP contribution in [0.4, 0.5) is 0 Å². The highest BCUT2D eigenvalue weighted by molar-refractivity contribution is 7.98. The molecule has 90 valence electrons. The van der Waals surface area contributed by atoms with Crippen LogP contribution < -0.4 is 11.1 Å². The quantitative estimate of drug-likeness (QED) is 0.646. The molecule has 0 aliphatic heterocycles. The van der Waals surface area contributed by atoms with Gasteiger partial charge in [-0.15, -0.1) is 0 Å². The molecule has 15 heavy (non-hydrogen) atoms. The van der Waals surface area contributed by atoms with Gasteiger partial charge in [0.25, 0.3) is 0 Å². The molecular formula is C10H22N2O2S. The Labute approximate surface area is 96.3 Å². The second-order valence-electron chi connectivity index (χ2n) is 3.46. The number of rotatable bonds is 8. The summed E-state index contributed by atoms with van der Waals surface area (Å²) in [5.41, 5.74) is 5.71. The van der Waals surface area contributed by atoms with Crippen LogP contribution in [0.2, 0.25) is 0 Å². The van der Waals surface area contributed by atoms with Crippen molar-refractivity contribution in [2.45, 2.75) is 32.4 Å². The van der Waals surface area contributed by atoms with Crippen LogP contribution in [0, 0.1) is 0 Å². The van der Waals surface area contributed by atoms with E-state index in [0.29, 0.717) is 19.6 Å². The molecule has 0 rings (SSSR count). The minimum Gasteiger partial charge on any atom is -0.380 e. The van der Waals surface area contributed by atoms with Gasteiger partial charge in [-0.05, 0) is 32.3 Å². The fraction of sp³-hybridized carbons (Fsp3) is 0.900. The van der Waals surface area contributed by atoms with Crippen LogP contribution in [-0.4, -0.2) is 43.2 Å². The van der Waals surface area contributed by atoms with Crippen molar-refractivity contribution in [2.75, 3.05) is 25.2 Å². The topological polar surface area (TPSA) is 64.3 Å². The zero-order valence-corrected chi connectivity index (χ0v) is 10.6. The first-order chi connectivity index (χ1) is 7.11. The molecule has 0 aliphatic carbocycles. The Bertz CT molecular complexity index is 179. The number of hydrogen-bond acceptors (Lipinski definition) is 4. The summed E-state index contributed by atoms with van der Waals surface area (Å²) in [6.45, 7) is 5.05. The first-order valence-electron chi connectivity index (χ1n) is 5.24. The third-order valence-corrected chi connectivity index (χ3v) is 2.57. The summed E-state index contributed by atoms with van der Waals surface area (Å²) in [4.78, 5) is 11.5. The lowest BCUT2D eigenvalue weighted by molar-refractivity contribution is -0.123. The van der Waals surface area contributed by atoms with E-state index in [-0.39, 0.29) is 11.9 Å². The molecule has 4 nitrogen and oxygen atoms in total. The normalized spacial score (nSPS) is 14.7. The van der Waals surface area contributed by atoms with E-state index in [2.05, 4.69) is 5.32 Å². The molecule has 0 aromatic rings. The van der Waals surface area contributed by atoms with E-state index >= 15 is 0 Å². The van der Waals surface area contributed by atoms with Crippen LogP contribution in [0.3, 0.4) is 0 Å². The molecule has 3 N–H and O–H groups in total. The fourth-order valence-electron chi connectivity index (χ4n) is 1.06. The van der Waals surface area contributed by atoms with Gasteiger partial charge in [-0.2, -0.15) is 11.8 Å². The number of carbonyl (C=O) groups is 1. The van der Waals surface area contributed by atoms with Gasteiger partial charge in [0.2, 0.25) is 5.91 Å². The third kappa shape index (κ3) is 7.64. The van der Waals surface area contributed by atoms with Gasteiger partial charge in [-0.25, -0.2) is 0 Å². The summed E-state index contributed by atoms with van der Waals surface area (Å²) < 4.78 is 5.20. The predicted octanol–water partition coefficient (Wildman–Crippen LogP) is 0.608. The Morgan fingerprint density at radius 2 is 2.27 bits per heavy atom. The highest BCUT2D eigenvalue weighted by atomic mass is 32.2. The number of nitrogens with two attached hydrogens (primary N) is 1. The maximum Gasteiger partial charge on any atom is 0.237 e. The zero-order chi connectivity index (χ0) is 11.7. The lowest BCUT2D eigenvalue weighted by atomic mass is 10.2. The summed E-state index contributed by atoms with van der Waals surface area (Å²) in [5.74, 6) is 0.824. The molecule has 0 saturated heterocycles. The van der Waals surface area contributed by atoms with Crippen molar-refractivity contribution in [3.63, 3.8) is 0 Å². The summed E-state index contributed by atoms with van der Waals surface area (Å²) in [7, 11) is 0. The Morgan fingerprint density at radius 1 is 1.60 bits per heavy atom. The second kappa shape index (κ2) is 9.00. The van der Waals surface area contributed by atoms with Gasteiger partial charge in [-0.1, -0.05) is 0 Å². The van der Waals surface area contributed by atoms with Crippen LogP contribution in [0.1, 0.15) is 20.3 Å². The summed E-state index contributed by atoms with van der Waals surface area (Å²) >= 11 is 1.70. The van der Waals surface area contributed by atoms with E-state index in [1.807, 2.05) is 20.1 Å². The van der Waals surface area contributed by atoms with Gasteiger partial charge in [0, 0.05) is 12.6 Å². The summed E-state index contributed by atoms with van der Waals surface area (Å²) in [6.07, 6.45) is 2.72. The molecular weight excluding hydrogens is 212 g/mol. The van der Waals surface area contributed by atoms with Crippen molar-refractivity contribution < 1.29 is 9.53 Å². The van der Waals surface area contributed by atoms with E-state index < -0.39 is 6.04 Å². The monoisotopic (exact) mass is 234 g/mol. The molecule has 0 aliphatic rings. The average molecular weight is 234 g/mol. The molecule has 1 amide bonds. The summed E-state index contributed by atoms with van der Waals surface area (Å²) in [6, 6.07) is -0.376. The first-order valence-corrected chi connectivity index (χ1v) is 6.63. The number of carbonyl (C=O) groups excluding carboxylic acids is 1. The van der Waals surface area contributed by atoms with Crippen LogP contribution >= 0.6 is 11.8 Å². The zero-order valence-electron chi connectivity index (χ0n) is 9.79. The molecule has 0 fully saturated rings. The van der Waals surface area contributed by atoms with Gasteiger partial charge in [-0.3, -0.25) is 4.79 Å². The van der Waals surface area contributed by atoms with E-state index in [4.69, 9.17) is 10.5 Å². The van der Waals surface area contributed by atoms with Crippen molar-refractivity contribution in [1.82, 2.24) is 5.32 Å². The molecule has 0 heterocycles. The number of ether oxygens (including phenoxy) is 1. The molecule has 0 saturated carbocycles. The van der Waals surface area contributed by atoms with Gasteiger partial charge in [0.05, 0.1) is 12.6 Å². The number of thioether (sulfide) groups is 1. The van der Waals surface area contributed by atoms with Crippen molar-refractivity contribution in [2.24, 2.45) is 5.73 Å². The highest BCUT2D eigenvalue weighted by Gasteiger charge is 2.14. The highest BCUT2D eigenvalue weighted by Crippen LogP contribution is 1.99. The lowest BCUT2D eigenvalue weighted by Gasteiger charge is -2.17. The van der Waals surface area contributed by atoms with Crippen LogP contribution in [-0.2, 0) is 9.53 Å². The smallest absolute Gasteiger partial charge is 0.237 e. The minimum absolute atomic E-state index is 0.0257. The molecule has 2 atom stereocenters. The molecule has 0 radical (unpaired) electrons. The first kappa shape index (κ1) is 14.7. The Kier molecular flexibility index (Phi) is 8.85. The van der Waals surface area contributed by atoms with E-state index in [9.17, 15) is 4.79 Å². The van der Waals surface area contributed by atoms with E-state index in [1.54, 1.807) is 11.8 Å². The Balaban J connectivity index is 3.70. The predicted molar refractivity (Wildman–Crippen MR) is 65.1 cm³/mol. The average Bonchev–Trinajstić information content (AvgIpc) is 2.22. The molecule has 0 aromatic heterocycles. The minimum atomic E-state index is -0.401. The van der Waals surface area contributed by atoms with Crippen molar-refractivity contribution in [3.05, 3.63) is 0 Å². The van der Waals surface area contributed by atoms with Gasteiger partial charge < -0.3 is 15.8 Å². The fourth-order valence-corrected chi connectivity index (χ4v) is 1.55. The lowest BCUT2D eigenvalue weighted by Crippen LogP contribution is -2.46. The number of nitrogens with one attached hydrogen (secondary N) is 1. The second-order valence-corrected chi connectivity index (χ2v) is 4.44. The maximum atomic E-state index is 11.5. The molecule has 0 spiro atoms. The molecule has 0 aromatic carbocycles. The number of amides is 1. The molecule has 1 unspecified atom stereocenters. The molecule has 5 heteroatoms. The van der Waals surface area contributed by atoms with Gasteiger partial charge in [0.15, 0.2) is 0 Å². The SMILES string of the molecule is CCOCC(C)NC(=O)[C@@H](N)CCSC. The van der Waals surface area contributed by atoms with Crippen molar-refractivity contribution in [3.8, 4) is 0 Å². The third-order valence-electron chi connectivity index (χ3n) is 1.93. The van der Waals surface area contributed by atoms with Gasteiger partial charge >= 0.3 is 0 Å². The Morgan fingerprint density at radius 3 is 2.80 bits per heavy atom. The van der Waals surface area contributed by atoms with Crippen LogP contribution in [0.25, 0.3) is 0 Å². The number of hydrogen-bond donors (Lipinski definition) is 2. The maximum absolute atomic E-state index is 11.5.